The Balaban J connectivity index is 1.58. The van der Waals surface area contributed by atoms with Gasteiger partial charge in [0.05, 0.1) is 12.5 Å². The van der Waals surface area contributed by atoms with Crippen molar-refractivity contribution in [3.05, 3.63) is 42.2 Å². The Morgan fingerprint density at radius 2 is 2.18 bits per heavy atom. The van der Waals surface area contributed by atoms with E-state index in [-0.39, 0.29) is 23.8 Å². The molecule has 28 heavy (non-hydrogen) atoms. The van der Waals surface area contributed by atoms with Gasteiger partial charge >= 0.3 is 0 Å². The number of hydrogen-bond acceptors (Lipinski definition) is 5. The van der Waals surface area contributed by atoms with E-state index in [0.29, 0.717) is 38.9 Å². The first-order valence-electron chi connectivity index (χ1n) is 9.76. The van der Waals surface area contributed by atoms with Crippen molar-refractivity contribution in [3.8, 4) is 0 Å². The molecule has 3 heterocycles. The van der Waals surface area contributed by atoms with Crippen molar-refractivity contribution < 1.29 is 9.59 Å². The van der Waals surface area contributed by atoms with Gasteiger partial charge in [-0.3, -0.25) is 14.6 Å². The molecule has 0 spiro atoms. The van der Waals surface area contributed by atoms with Gasteiger partial charge in [0.2, 0.25) is 11.8 Å². The minimum atomic E-state index is -0.179. The summed E-state index contributed by atoms with van der Waals surface area (Å²) in [6, 6.07) is 6.01. The van der Waals surface area contributed by atoms with Crippen LogP contribution in [0.2, 0.25) is 0 Å². The van der Waals surface area contributed by atoms with Gasteiger partial charge in [-0.25, -0.2) is 0 Å². The maximum atomic E-state index is 13.0. The number of pyridine rings is 1. The molecule has 1 unspecified atom stereocenters. The molecular formula is C20H28N6O2. The highest BCUT2D eigenvalue weighted by atomic mass is 16.2. The summed E-state index contributed by atoms with van der Waals surface area (Å²) in [5, 5.41) is 8.10. The summed E-state index contributed by atoms with van der Waals surface area (Å²) in [6.07, 6.45) is 5.15. The number of piperidine rings is 1. The molecule has 0 radical (unpaired) electrons. The van der Waals surface area contributed by atoms with Gasteiger partial charge in [-0.1, -0.05) is 6.07 Å². The molecule has 2 amide bonds. The Bertz CT molecular complexity index is 804. The summed E-state index contributed by atoms with van der Waals surface area (Å²) in [5.41, 5.74) is 0.953. The van der Waals surface area contributed by atoms with Gasteiger partial charge in [0.1, 0.15) is 6.33 Å². The van der Waals surface area contributed by atoms with Crippen molar-refractivity contribution in [2.75, 3.05) is 20.1 Å². The van der Waals surface area contributed by atoms with Gasteiger partial charge in [-0.2, -0.15) is 0 Å². The maximum Gasteiger partial charge on any atom is 0.227 e. The fraction of sp³-hybridized carbons (Fsp3) is 0.550. The average Bonchev–Trinajstić information content (AvgIpc) is 3.16. The van der Waals surface area contributed by atoms with E-state index in [0.717, 1.165) is 11.5 Å². The molecule has 2 aromatic heterocycles. The topological polar surface area (TPSA) is 84.2 Å². The molecule has 150 valence electrons. The van der Waals surface area contributed by atoms with Crippen LogP contribution in [-0.4, -0.2) is 61.5 Å². The summed E-state index contributed by atoms with van der Waals surface area (Å²) < 4.78 is 1.97. The van der Waals surface area contributed by atoms with Crippen LogP contribution in [0.25, 0.3) is 0 Å². The lowest BCUT2D eigenvalue weighted by atomic mass is 9.95. The summed E-state index contributed by atoms with van der Waals surface area (Å²) in [5.74, 6) is 0.752. The van der Waals surface area contributed by atoms with Gasteiger partial charge in [-0.15, -0.1) is 10.2 Å². The van der Waals surface area contributed by atoms with Crippen LogP contribution in [0.5, 0.6) is 0 Å². The van der Waals surface area contributed by atoms with Crippen molar-refractivity contribution in [3.63, 3.8) is 0 Å². The molecule has 0 N–H and O–H groups in total. The van der Waals surface area contributed by atoms with Crippen LogP contribution in [-0.2, 0) is 22.6 Å². The van der Waals surface area contributed by atoms with E-state index >= 15 is 0 Å². The third-order valence-corrected chi connectivity index (χ3v) is 5.17. The van der Waals surface area contributed by atoms with Crippen LogP contribution in [0.3, 0.4) is 0 Å². The lowest BCUT2D eigenvalue weighted by Gasteiger charge is -2.33. The highest BCUT2D eigenvalue weighted by molar-refractivity contribution is 5.83. The van der Waals surface area contributed by atoms with E-state index in [1.165, 1.54) is 0 Å². The van der Waals surface area contributed by atoms with Crippen LogP contribution < -0.4 is 0 Å². The van der Waals surface area contributed by atoms with E-state index < -0.39 is 0 Å². The Kier molecular flexibility index (Phi) is 6.38. The molecule has 2 aromatic rings. The predicted octanol–water partition coefficient (Wildman–Crippen LogP) is 1.69. The number of nitrogens with zero attached hydrogens (tertiary/aromatic N) is 6. The zero-order valence-corrected chi connectivity index (χ0v) is 16.8. The van der Waals surface area contributed by atoms with Gasteiger partial charge < -0.3 is 14.4 Å². The van der Waals surface area contributed by atoms with Crippen LogP contribution in [0.15, 0.2) is 30.7 Å². The molecule has 3 rings (SSSR count). The molecular weight excluding hydrogens is 356 g/mol. The summed E-state index contributed by atoms with van der Waals surface area (Å²) in [4.78, 5) is 33.0. The first kappa shape index (κ1) is 20.0. The van der Waals surface area contributed by atoms with Gasteiger partial charge in [-0.05, 0) is 32.4 Å². The molecule has 0 aromatic carbocycles. The molecule has 0 saturated carbocycles. The minimum absolute atomic E-state index is 0.0497. The van der Waals surface area contributed by atoms with Crippen molar-refractivity contribution in [2.24, 2.45) is 5.92 Å². The zero-order chi connectivity index (χ0) is 20.1. The Labute approximate surface area is 165 Å². The summed E-state index contributed by atoms with van der Waals surface area (Å²) in [6.45, 7) is 5.58. The van der Waals surface area contributed by atoms with Crippen molar-refractivity contribution >= 4 is 11.8 Å². The van der Waals surface area contributed by atoms with Crippen LogP contribution in [0.1, 0.15) is 44.2 Å². The Hall–Kier alpha value is -2.77. The molecule has 1 aliphatic heterocycles. The molecule has 8 heteroatoms. The molecule has 1 saturated heterocycles. The normalized spacial score (nSPS) is 17.2. The molecule has 1 aliphatic rings. The second-order valence-corrected chi connectivity index (χ2v) is 7.59. The van der Waals surface area contributed by atoms with Crippen molar-refractivity contribution in [1.82, 2.24) is 29.5 Å². The third-order valence-electron chi connectivity index (χ3n) is 5.17. The molecule has 1 fully saturated rings. The van der Waals surface area contributed by atoms with Crippen LogP contribution in [0, 0.1) is 5.92 Å². The maximum absolute atomic E-state index is 13.0. The van der Waals surface area contributed by atoms with Gasteiger partial charge in [0.15, 0.2) is 5.82 Å². The largest absolute Gasteiger partial charge is 0.342 e. The van der Waals surface area contributed by atoms with E-state index in [9.17, 15) is 9.59 Å². The quantitative estimate of drug-likeness (QED) is 0.725. The molecule has 0 aliphatic carbocycles. The molecule has 8 nitrogen and oxygen atoms in total. The fourth-order valence-electron chi connectivity index (χ4n) is 3.54. The third kappa shape index (κ3) is 4.74. The number of rotatable bonds is 7. The van der Waals surface area contributed by atoms with Crippen LogP contribution >= 0.6 is 0 Å². The van der Waals surface area contributed by atoms with E-state index in [1.807, 2.05) is 22.8 Å². The zero-order valence-electron chi connectivity index (χ0n) is 16.8. The number of carbonyl (C=O) groups excluding carboxylic acids is 2. The highest BCUT2D eigenvalue weighted by Crippen LogP contribution is 2.21. The van der Waals surface area contributed by atoms with Gasteiger partial charge in [0.25, 0.3) is 0 Å². The first-order valence-corrected chi connectivity index (χ1v) is 9.76. The highest BCUT2D eigenvalue weighted by Gasteiger charge is 2.32. The lowest BCUT2D eigenvalue weighted by molar-refractivity contribution is -0.142. The SMILES string of the molecule is CC(C)n1cnnc1CN(C)C(=O)C1CCC(=O)N(CCc2ccccn2)C1. The molecule has 1 atom stereocenters. The average molecular weight is 384 g/mol. The van der Waals surface area contributed by atoms with E-state index in [4.69, 9.17) is 0 Å². The van der Waals surface area contributed by atoms with E-state index in [1.54, 1.807) is 29.4 Å². The van der Waals surface area contributed by atoms with Gasteiger partial charge in [0, 0.05) is 50.9 Å². The van der Waals surface area contributed by atoms with Crippen molar-refractivity contribution in [1.29, 1.82) is 0 Å². The van der Waals surface area contributed by atoms with Crippen LogP contribution in [0.4, 0.5) is 0 Å². The predicted molar refractivity (Wildman–Crippen MR) is 104 cm³/mol. The first-order chi connectivity index (χ1) is 13.5. The fourth-order valence-corrected chi connectivity index (χ4v) is 3.54. The number of carbonyl (C=O) groups is 2. The smallest absolute Gasteiger partial charge is 0.227 e. The Morgan fingerprint density at radius 1 is 1.36 bits per heavy atom. The number of amides is 2. The minimum Gasteiger partial charge on any atom is -0.342 e. The number of hydrogen-bond donors (Lipinski definition) is 0. The van der Waals surface area contributed by atoms with E-state index in [2.05, 4.69) is 29.0 Å². The standard InChI is InChI=1S/C20H28N6O2/c1-15(2)26-14-22-23-18(26)13-24(3)20(28)16-7-8-19(27)25(12-16)11-9-17-6-4-5-10-21-17/h4-6,10,14-16H,7-9,11-13H2,1-3H3. The second kappa shape index (κ2) is 8.95. The summed E-state index contributed by atoms with van der Waals surface area (Å²) in [7, 11) is 1.79. The lowest BCUT2D eigenvalue weighted by Crippen LogP contribution is -2.46. The number of likely N-dealkylation sites (tertiary alicyclic amines) is 1. The monoisotopic (exact) mass is 384 g/mol. The molecule has 0 bridgehead atoms. The summed E-state index contributed by atoms with van der Waals surface area (Å²) >= 11 is 0. The Morgan fingerprint density at radius 3 is 2.89 bits per heavy atom. The second-order valence-electron chi connectivity index (χ2n) is 7.59. The van der Waals surface area contributed by atoms with Crippen molar-refractivity contribution in [2.45, 2.75) is 45.7 Å². The number of aromatic nitrogens is 4.